The number of hydrogen-bond donors (Lipinski definition) is 3. The summed E-state index contributed by atoms with van der Waals surface area (Å²) in [5.74, 6) is 0.0715. The second-order valence-corrected chi connectivity index (χ2v) is 4.51. The van der Waals surface area contributed by atoms with Crippen molar-refractivity contribution < 1.29 is 0 Å². The third kappa shape index (κ3) is 4.46. The van der Waals surface area contributed by atoms with E-state index >= 15 is 0 Å². The lowest BCUT2D eigenvalue weighted by Gasteiger charge is -2.01. The Morgan fingerprint density at radius 3 is 2.37 bits per heavy atom. The van der Waals surface area contributed by atoms with Gasteiger partial charge in [0.05, 0.1) is 0 Å². The molecule has 0 radical (unpaired) electrons. The molecule has 0 saturated heterocycles. The van der Waals surface area contributed by atoms with Gasteiger partial charge in [-0.25, -0.2) is 0 Å². The predicted octanol–water partition coefficient (Wildman–Crippen LogP) is 0.994. The Morgan fingerprint density at radius 1 is 1.11 bits per heavy atom. The van der Waals surface area contributed by atoms with Crippen LogP contribution in [0, 0.1) is 0 Å². The van der Waals surface area contributed by atoms with Gasteiger partial charge in [0.25, 0.3) is 0 Å². The molecular formula is C14H19N5. The number of aryl methyl sites for hydroxylation is 1. The van der Waals surface area contributed by atoms with E-state index in [-0.39, 0.29) is 11.9 Å². The molecule has 0 aromatic heterocycles. The molecule has 1 aromatic rings. The van der Waals surface area contributed by atoms with Gasteiger partial charge in [0.15, 0.2) is 5.96 Å². The molecule has 2 rings (SSSR count). The van der Waals surface area contributed by atoms with Gasteiger partial charge < -0.3 is 17.2 Å². The van der Waals surface area contributed by atoms with Crippen molar-refractivity contribution in [2.45, 2.75) is 19.3 Å². The summed E-state index contributed by atoms with van der Waals surface area (Å²) in [4.78, 5) is 7.73. The molecule has 0 fully saturated rings. The lowest BCUT2D eigenvalue weighted by Crippen LogP contribution is -2.26. The average Bonchev–Trinajstić information content (AvgIpc) is 3.19. The van der Waals surface area contributed by atoms with E-state index in [1.807, 2.05) is 0 Å². The van der Waals surface area contributed by atoms with Crippen molar-refractivity contribution in [3.63, 3.8) is 0 Å². The molecule has 5 nitrogen and oxygen atoms in total. The molecule has 0 aliphatic heterocycles. The monoisotopic (exact) mass is 257 g/mol. The number of nitrogens with two attached hydrogens (primary N) is 3. The highest BCUT2D eigenvalue weighted by Crippen LogP contribution is 2.30. The predicted molar refractivity (Wildman–Crippen MR) is 79.7 cm³/mol. The van der Waals surface area contributed by atoms with E-state index in [0.717, 1.165) is 19.3 Å². The zero-order valence-corrected chi connectivity index (χ0v) is 10.8. The molecule has 19 heavy (non-hydrogen) atoms. The van der Waals surface area contributed by atoms with Crippen LogP contribution in [0.5, 0.6) is 0 Å². The summed E-state index contributed by atoms with van der Waals surface area (Å²) in [6.07, 6.45) is 5.26. The van der Waals surface area contributed by atoms with Crippen molar-refractivity contribution in [2.75, 3.05) is 6.54 Å². The first-order valence-corrected chi connectivity index (χ1v) is 6.33. The lowest BCUT2D eigenvalue weighted by atomic mass is 10.1. The Hall–Kier alpha value is -2.30. The molecule has 1 aromatic carbocycles. The number of guanidine groups is 2. The zero-order chi connectivity index (χ0) is 13.7. The zero-order valence-electron chi connectivity index (χ0n) is 10.8. The van der Waals surface area contributed by atoms with Crippen molar-refractivity contribution in [3.8, 4) is 0 Å². The maximum absolute atomic E-state index is 5.51. The Balaban J connectivity index is 1.76. The van der Waals surface area contributed by atoms with E-state index in [1.165, 1.54) is 16.7 Å². The smallest absolute Gasteiger partial charge is 0.218 e. The van der Waals surface area contributed by atoms with E-state index in [1.54, 1.807) is 0 Å². The van der Waals surface area contributed by atoms with E-state index in [2.05, 4.69) is 40.3 Å². The van der Waals surface area contributed by atoms with E-state index in [9.17, 15) is 0 Å². The summed E-state index contributed by atoms with van der Waals surface area (Å²) in [6.45, 7) is 0.621. The number of rotatable bonds is 5. The standard InChI is InChI=1S/C14H19N5/c15-13(16)19-14(17)18-9-1-2-10-3-5-11(6-4-10)12-7-8-12/h3-7H,1-2,8-9H2,(H6,15,16,17,18,19). The summed E-state index contributed by atoms with van der Waals surface area (Å²) < 4.78 is 0. The molecule has 100 valence electrons. The van der Waals surface area contributed by atoms with E-state index in [0.29, 0.717) is 6.54 Å². The number of allylic oxidation sites excluding steroid dienone is 2. The Labute approximate surface area is 112 Å². The van der Waals surface area contributed by atoms with E-state index < -0.39 is 0 Å². The van der Waals surface area contributed by atoms with Crippen LogP contribution in [0.4, 0.5) is 0 Å². The molecule has 6 N–H and O–H groups in total. The summed E-state index contributed by atoms with van der Waals surface area (Å²) in [6, 6.07) is 8.67. The Bertz CT molecular complexity index is 521. The highest BCUT2D eigenvalue weighted by molar-refractivity contribution is 5.92. The summed E-state index contributed by atoms with van der Waals surface area (Å²) in [5.41, 5.74) is 20.0. The molecule has 0 unspecified atom stereocenters. The second kappa shape index (κ2) is 6.04. The fraction of sp³-hybridized carbons (Fsp3) is 0.286. The average molecular weight is 257 g/mol. The Kier molecular flexibility index (Phi) is 4.18. The molecule has 0 saturated carbocycles. The first-order valence-electron chi connectivity index (χ1n) is 6.33. The van der Waals surface area contributed by atoms with E-state index in [4.69, 9.17) is 17.2 Å². The van der Waals surface area contributed by atoms with Crippen LogP contribution >= 0.6 is 0 Å². The van der Waals surface area contributed by atoms with Gasteiger partial charge in [-0.3, -0.25) is 4.99 Å². The molecule has 0 bridgehead atoms. The molecular weight excluding hydrogens is 238 g/mol. The maximum atomic E-state index is 5.51. The van der Waals surface area contributed by atoms with Crippen LogP contribution < -0.4 is 17.2 Å². The molecule has 0 spiro atoms. The lowest BCUT2D eigenvalue weighted by molar-refractivity contribution is 0.831. The minimum Gasteiger partial charge on any atom is -0.370 e. The van der Waals surface area contributed by atoms with Crippen LogP contribution in [0.25, 0.3) is 5.57 Å². The van der Waals surface area contributed by atoms with Gasteiger partial charge in [0.1, 0.15) is 0 Å². The highest BCUT2D eigenvalue weighted by atomic mass is 15.1. The third-order valence-corrected chi connectivity index (χ3v) is 2.87. The van der Waals surface area contributed by atoms with Gasteiger partial charge in [-0.1, -0.05) is 30.3 Å². The minimum atomic E-state index is -0.0637. The van der Waals surface area contributed by atoms with Crippen molar-refractivity contribution in [1.82, 2.24) is 0 Å². The van der Waals surface area contributed by atoms with Crippen molar-refractivity contribution >= 4 is 17.5 Å². The SMILES string of the molecule is NC(N)=NC(N)=NCCCc1ccc(C2=CC2)cc1. The maximum Gasteiger partial charge on any atom is 0.218 e. The van der Waals surface area contributed by atoms with Crippen LogP contribution in [0.1, 0.15) is 24.0 Å². The van der Waals surface area contributed by atoms with Crippen LogP contribution in [0.3, 0.4) is 0 Å². The summed E-state index contributed by atoms with van der Waals surface area (Å²) >= 11 is 0. The topological polar surface area (TPSA) is 103 Å². The van der Waals surface area contributed by atoms with Gasteiger partial charge in [-0.2, -0.15) is 4.99 Å². The molecule has 1 aliphatic rings. The molecule has 0 atom stereocenters. The number of aliphatic imine (C=N–C) groups is 2. The normalized spacial score (nSPS) is 13.9. The second-order valence-electron chi connectivity index (χ2n) is 4.51. The third-order valence-electron chi connectivity index (χ3n) is 2.87. The van der Waals surface area contributed by atoms with Gasteiger partial charge >= 0.3 is 0 Å². The largest absolute Gasteiger partial charge is 0.370 e. The van der Waals surface area contributed by atoms with Crippen molar-refractivity contribution in [1.29, 1.82) is 0 Å². The van der Waals surface area contributed by atoms with Gasteiger partial charge in [0, 0.05) is 6.54 Å². The van der Waals surface area contributed by atoms with Gasteiger partial charge in [-0.15, -0.1) is 0 Å². The van der Waals surface area contributed by atoms with Crippen molar-refractivity contribution in [2.24, 2.45) is 27.2 Å². The first-order chi connectivity index (χ1) is 9.15. The summed E-state index contributed by atoms with van der Waals surface area (Å²) in [5, 5.41) is 0. The number of nitrogens with zero attached hydrogens (tertiary/aromatic N) is 2. The first kappa shape index (κ1) is 13.1. The fourth-order valence-corrected chi connectivity index (χ4v) is 1.82. The molecule has 0 amide bonds. The quantitative estimate of drug-likeness (QED) is 0.416. The Morgan fingerprint density at radius 2 is 1.79 bits per heavy atom. The minimum absolute atomic E-state index is 0.0637. The number of benzene rings is 1. The van der Waals surface area contributed by atoms with Crippen molar-refractivity contribution in [3.05, 3.63) is 41.5 Å². The fourth-order valence-electron chi connectivity index (χ4n) is 1.82. The summed E-state index contributed by atoms with van der Waals surface area (Å²) in [7, 11) is 0. The van der Waals surface area contributed by atoms with Gasteiger partial charge in [-0.05, 0) is 36.0 Å². The highest BCUT2D eigenvalue weighted by Gasteiger charge is 2.08. The van der Waals surface area contributed by atoms with Gasteiger partial charge in [0.2, 0.25) is 5.96 Å². The molecule has 0 heterocycles. The molecule has 1 aliphatic carbocycles. The van der Waals surface area contributed by atoms with Crippen LogP contribution in [-0.2, 0) is 6.42 Å². The molecule has 5 heteroatoms. The van der Waals surface area contributed by atoms with Crippen LogP contribution in [0.2, 0.25) is 0 Å². The van der Waals surface area contributed by atoms with Crippen LogP contribution in [0.15, 0.2) is 40.3 Å². The number of hydrogen-bond acceptors (Lipinski definition) is 1. The van der Waals surface area contributed by atoms with Crippen LogP contribution in [-0.4, -0.2) is 18.5 Å².